The second kappa shape index (κ2) is 5.66. The molecular formula is C18H28O. The molecule has 0 bridgehead atoms. The Balaban J connectivity index is 2.02. The molecule has 19 heavy (non-hydrogen) atoms. The lowest BCUT2D eigenvalue weighted by Crippen LogP contribution is -2.36. The topological polar surface area (TPSA) is 20.2 Å². The molecule has 1 N–H and O–H groups in total. The third-order valence-electron chi connectivity index (χ3n) is 5.03. The summed E-state index contributed by atoms with van der Waals surface area (Å²) in [5.74, 6) is 0.808. The lowest BCUT2D eigenvalue weighted by molar-refractivity contribution is 0.0369. The normalized spacial score (nSPS) is 28.3. The average molecular weight is 260 g/mol. The van der Waals surface area contributed by atoms with E-state index in [0.29, 0.717) is 12.0 Å². The highest BCUT2D eigenvalue weighted by Crippen LogP contribution is 2.46. The fourth-order valence-corrected chi connectivity index (χ4v) is 3.52. The van der Waals surface area contributed by atoms with Crippen LogP contribution in [0.1, 0.15) is 52.0 Å². The second-order valence-corrected chi connectivity index (χ2v) is 7.46. The monoisotopic (exact) mass is 260 g/mol. The van der Waals surface area contributed by atoms with Crippen LogP contribution in [0.2, 0.25) is 0 Å². The molecule has 0 amide bonds. The zero-order chi connectivity index (χ0) is 13.9. The highest BCUT2D eigenvalue weighted by Gasteiger charge is 2.38. The molecule has 0 saturated heterocycles. The lowest BCUT2D eigenvalue weighted by Gasteiger charge is -2.43. The molecular weight excluding hydrogens is 232 g/mol. The minimum atomic E-state index is 0.128. The van der Waals surface area contributed by atoms with Crippen LogP contribution in [-0.4, -0.2) is 11.7 Å². The van der Waals surface area contributed by atoms with E-state index in [1.54, 1.807) is 0 Å². The fourth-order valence-electron chi connectivity index (χ4n) is 3.52. The number of hydrogen-bond acceptors (Lipinski definition) is 1. The molecule has 0 aromatic heterocycles. The van der Waals surface area contributed by atoms with Crippen LogP contribution in [0.4, 0.5) is 0 Å². The van der Waals surface area contributed by atoms with Gasteiger partial charge in [0.2, 0.25) is 0 Å². The van der Waals surface area contributed by atoms with Crippen molar-refractivity contribution < 1.29 is 5.11 Å². The van der Waals surface area contributed by atoms with Crippen molar-refractivity contribution >= 4 is 0 Å². The Kier molecular flexibility index (Phi) is 4.35. The van der Waals surface area contributed by atoms with Gasteiger partial charge in [-0.2, -0.15) is 0 Å². The first kappa shape index (κ1) is 14.6. The Hall–Kier alpha value is -0.820. The summed E-state index contributed by atoms with van der Waals surface area (Å²) in [7, 11) is 0. The van der Waals surface area contributed by atoms with Crippen LogP contribution < -0.4 is 0 Å². The Morgan fingerprint density at radius 2 is 1.68 bits per heavy atom. The predicted octanol–water partition coefficient (Wildman–Crippen LogP) is 4.44. The van der Waals surface area contributed by atoms with Gasteiger partial charge in [0.05, 0.1) is 0 Å². The number of rotatable bonds is 3. The molecule has 1 fully saturated rings. The molecule has 106 valence electrons. The molecule has 0 atom stereocenters. The fraction of sp³-hybridized carbons (Fsp3) is 0.667. The van der Waals surface area contributed by atoms with Gasteiger partial charge < -0.3 is 5.11 Å². The summed E-state index contributed by atoms with van der Waals surface area (Å²) in [6, 6.07) is 10.6. The maximum Gasteiger partial charge on any atom is 0.0490 e. The molecule has 0 heterocycles. The van der Waals surface area contributed by atoms with Gasteiger partial charge >= 0.3 is 0 Å². The third kappa shape index (κ3) is 3.60. The van der Waals surface area contributed by atoms with Crippen molar-refractivity contribution in [1.82, 2.24) is 0 Å². The Morgan fingerprint density at radius 1 is 1.11 bits per heavy atom. The van der Waals surface area contributed by atoms with Crippen LogP contribution >= 0.6 is 0 Å². The number of aliphatic hydroxyl groups excluding tert-OH is 1. The second-order valence-electron chi connectivity index (χ2n) is 7.46. The predicted molar refractivity (Wildman–Crippen MR) is 81.1 cm³/mol. The van der Waals surface area contributed by atoms with Gasteiger partial charge in [-0.25, -0.2) is 0 Å². The molecule has 1 aromatic rings. The zero-order valence-electron chi connectivity index (χ0n) is 12.7. The van der Waals surface area contributed by atoms with Crippen molar-refractivity contribution in [2.75, 3.05) is 6.61 Å². The SMILES string of the molecule is CC(C)(C)C1CCC(CO)(Cc2ccccc2)CC1. The molecule has 0 radical (unpaired) electrons. The highest BCUT2D eigenvalue weighted by molar-refractivity contribution is 5.17. The molecule has 2 rings (SSSR count). The van der Waals surface area contributed by atoms with Crippen molar-refractivity contribution in [2.45, 2.75) is 52.9 Å². The van der Waals surface area contributed by atoms with Gasteiger partial charge in [0.15, 0.2) is 0 Å². The van der Waals surface area contributed by atoms with Crippen molar-refractivity contribution in [3.8, 4) is 0 Å². The minimum Gasteiger partial charge on any atom is -0.396 e. The molecule has 1 aliphatic rings. The van der Waals surface area contributed by atoms with E-state index in [9.17, 15) is 5.11 Å². The van der Waals surface area contributed by atoms with Crippen molar-refractivity contribution in [3.05, 3.63) is 35.9 Å². The summed E-state index contributed by atoms with van der Waals surface area (Å²) in [5.41, 5.74) is 1.91. The Morgan fingerprint density at radius 3 is 2.16 bits per heavy atom. The van der Waals surface area contributed by atoms with E-state index in [0.717, 1.165) is 12.3 Å². The van der Waals surface area contributed by atoms with Crippen LogP contribution in [0.5, 0.6) is 0 Å². The summed E-state index contributed by atoms with van der Waals surface area (Å²) in [5, 5.41) is 9.89. The highest BCUT2D eigenvalue weighted by atomic mass is 16.3. The van der Waals surface area contributed by atoms with Gasteiger partial charge in [0.1, 0.15) is 0 Å². The number of hydrogen-bond donors (Lipinski definition) is 1. The quantitative estimate of drug-likeness (QED) is 0.851. The van der Waals surface area contributed by atoms with Crippen molar-refractivity contribution in [1.29, 1.82) is 0 Å². The summed E-state index contributed by atoms with van der Waals surface area (Å²) in [6.45, 7) is 7.38. The van der Waals surface area contributed by atoms with Crippen LogP contribution in [0.3, 0.4) is 0 Å². The molecule has 0 aliphatic heterocycles. The van der Waals surface area contributed by atoms with E-state index in [-0.39, 0.29) is 5.41 Å². The largest absolute Gasteiger partial charge is 0.396 e. The molecule has 1 heteroatoms. The minimum absolute atomic E-state index is 0.128. The third-order valence-corrected chi connectivity index (χ3v) is 5.03. The molecule has 1 aliphatic carbocycles. The van der Waals surface area contributed by atoms with Crippen molar-refractivity contribution in [2.24, 2.45) is 16.7 Å². The van der Waals surface area contributed by atoms with E-state index in [4.69, 9.17) is 0 Å². The van der Waals surface area contributed by atoms with Gasteiger partial charge in [-0.1, -0.05) is 51.1 Å². The lowest BCUT2D eigenvalue weighted by atomic mass is 9.62. The van der Waals surface area contributed by atoms with E-state index < -0.39 is 0 Å². The number of aliphatic hydroxyl groups is 1. The van der Waals surface area contributed by atoms with E-state index in [1.165, 1.54) is 31.2 Å². The first-order valence-electron chi connectivity index (χ1n) is 7.60. The molecule has 1 aromatic carbocycles. The van der Waals surface area contributed by atoms with Crippen LogP contribution in [-0.2, 0) is 6.42 Å². The van der Waals surface area contributed by atoms with Crippen LogP contribution in [0.15, 0.2) is 30.3 Å². The van der Waals surface area contributed by atoms with E-state index >= 15 is 0 Å². The first-order chi connectivity index (χ1) is 8.95. The maximum atomic E-state index is 9.89. The van der Waals surface area contributed by atoms with Gasteiger partial charge in [0.25, 0.3) is 0 Å². The van der Waals surface area contributed by atoms with Gasteiger partial charge in [-0.15, -0.1) is 0 Å². The van der Waals surface area contributed by atoms with Gasteiger partial charge in [-0.05, 0) is 54.4 Å². The maximum absolute atomic E-state index is 9.89. The first-order valence-corrected chi connectivity index (χ1v) is 7.60. The van der Waals surface area contributed by atoms with Crippen LogP contribution in [0, 0.1) is 16.7 Å². The summed E-state index contributed by atoms with van der Waals surface area (Å²) in [6.07, 6.45) is 5.88. The summed E-state index contributed by atoms with van der Waals surface area (Å²) >= 11 is 0. The standard InChI is InChI=1S/C18H28O/c1-17(2,3)16-9-11-18(14-19,12-10-16)13-15-7-5-4-6-8-15/h4-8,16,19H,9-14H2,1-3H3. The van der Waals surface area contributed by atoms with Gasteiger partial charge in [0, 0.05) is 6.61 Å². The Bertz CT molecular complexity index is 380. The van der Waals surface area contributed by atoms with E-state index in [2.05, 4.69) is 51.1 Å². The summed E-state index contributed by atoms with van der Waals surface area (Å²) < 4.78 is 0. The van der Waals surface area contributed by atoms with Crippen molar-refractivity contribution in [3.63, 3.8) is 0 Å². The Labute approximate surface area is 118 Å². The zero-order valence-corrected chi connectivity index (χ0v) is 12.7. The van der Waals surface area contributed by atoms with E-state index in [1.807, 2.05) is 0 Å². The molecule has 0 unspecified atom stereocenters. The summed E-state index contributed by atoms with van der Waals surface area (Å²) in [4.78, 5) is 0. The molecule has 0 spiro atoms. The van der Waals surface area contributed by atoms with Crippen LogP contribution in [0.25, 0.3) is 0 Å². The average Bonchev–Trinajstić information content (AvgIpc) is 2.39. The molecule has 1 saturated carbocycles. The molecule has 1 nitrogen and oxygen atoms in total. The smallest absolute Gasteiger partial charge is 0.0490 e. The number of benzene rings is 1. The van der Waals surface area contributed by atoms with Gasteiger partial charge in [-0.3, -0.25) is 0 Å².